The van der Waals surface area contributed by atoms with E-state index in [9.17, 15) is 4.39 Å². The van der Waals surface area contributed by atoms with Crippen LogP contribution in [-0.4, -0.2) is 24.9 Å². The van der Waals surface area contributed by atoms with Gasteiger partial charge in [-0.25, -0.2) is 4.39 Å². The molecule has 0 unspecified atom stereocenters. The van der Waals surface area contributed by atoms with Crippen LogP contribution in [0, 0.1) is 12.7 Å². The largest absolute Gasteiger partial charge is 0.338 e. The van der Waals surface area contributed by atoms with Gasteiger partial charge in [0.1, 0.15) is 12.1 Å². The Hall–Kier alpha value is -2.71. The number of hydrogen-bond donors (Lipinski definition) is 0. The van der Waals surface area contributed by atoms with E-state index < -0.39 is 0 Å². The number of rotatable bonds is 5. The van der Waals surface area contributed by atoms with Crippen LogP contribution in [0.15, 0.2) is 58.5 Å². The van der Waals surface area contributed by atoms with Crippen LogP contribution in [0.25, 0.3) is 17.1 Å². The average Bonchev–Trinajstić information content (AvgIpc) is 3.32. The fourth-order valence-electron chi connectivity index (χ4n) is 2.39. The van der Waals surface area contributed by atoms with Crippen LogP contribution in [0.3, 0.4) is 0 Å². The highest BCUT2D eigenvalue weighted by Crippen LogP contribution is 2.26. The first-order valence-corrected chi connectivity index (χ1v) is 9.34. The molecule has 0 bridgehead atoms. The second-order valence-corrected chi connectivity index (χ2v) is 7.07. The van der Waals surface area contributed by atoms with E-state index in [4.69, 9.17) is 16.1 Å². The summed E-state index contributed by atoms with van der Waals surface area (Å²) in [6.45, 7) is 1.95. The van der Waals surface area contributed by atoms with Crippen molar-refractivity contribution in [1.82, 2.24) is 24.9 Å². The SMILES string of the molecule is Cc1ccc(-n2cnnc2SCc2nc(-c3ccc(F)cc3)no2)cc1Cl. The zero-order chi connectivity index (χ0) is 18.8. The van der Waals surface area contributed by atoms with Crippen molar-refractivity contribution < 1.29 is 8.91 Å². The highest BCUT2D eigenvalue weighted by Gasteiger charge is 2.13. The second kappa shape index (κ2) is 7.50. The molecule has 2 aromatic heterocycles. The van der Waals surface area contributed by atoms with Crippen LogP contribution in [0.2, 0.25) is 5.02 Å². The van der Waals surface area contributed by atoms with E-state index in [1.807, 2.05) is 29.7 Å². The lowest BCUT2D eigenvalue weighted by Gasteiger charge is -2.07. The summed E-state index contributed by atoms with van der Waals surface area (Å²) in [5, 5.41) is 13.4. The van der Waals surface area contributed by atoms with Crippen molar-refractivity contribution in [3.63, 3.8) is 0 Å². The van der Waals surface area contributed by atoms with Crippen LogP contribution in [0.4, 0.5) is 4.39 Å². The molecule has 0 saturated carbocycles. The molecule has 0 N–H and O–H groups in total. The maximum absolute atomic E-state index is 13.0. The van der Waals surface area contributed by atoms with Gasteiger partial charge in [-0.15, -0.1) is 10.2 Å². The predicted molar refractivity (Wildman–Crippen MR) is 100 cm³/mol. The van der Waals surface area contributed by atoms with E-state index in [1.165, 1.54) is 23.9 Å². The first-order chi connectivity index (χ1) is 13.1. The monoisotopic (exact) mass is 401 g/mol. The summed E-state index contributed by atoms with van der Waals surface area (Å²) >= 11 is 7.62. The Morgan fingerprint density at radius 2 is 2.00 bits per heavy atom. The Morgan fingerprint density at radius 3 is 2.78 bits per heavy atom. The van der Waals surface area contributed by atoms with Gasteiger partial charge in [0.15, 0.2) is 5.16 Å². The van der Waals surface area contributed by atoms with Gasteiger partial charge in [0, 0.05) is 10.6 Å². The number of benzene rings is 2. The third-order valence-corrected chi connectivity index (χ3v) is 5.18. The third-order valence-electron chi connectivity index (χ3n) is 3.85. The minimum absolute atomic E-state index is 0.312. The van der Waals surface area contributed by atoms with Crippen molar-refractivity contribution in [2.45, 2.75) is 17.8 Å². The number of halogens is 2. The molecule has 0 amide bonds. The Labute approximate surface area is 163 Å². The van der Waals surface area contributed by atoms with Gasteiger partial charge in [0.2, 0.25) is 11.7 Å². The fourth-order valence-corrected chi connectivity index (χ4v) is 3.33. The van der Waals surface area contributed by atoms with E-state index in [2.05, 4.69) is 20.3 Å². The summed E-state index contributed by atoms with van der Waals surface area (Å²) in [6, 6.07) is 11.7. The lowest BCUT2D eigenvalue weighted by Crippen LogP contribution is -1.96. The molecule has 0 aliphatic carbocycles. The van der Waals surface area contributed by atoms with E-state index in [-0.39, 0.29) is 5.82 Å². The summed E-state index contributed by atoms with van der Waals surface area (Å²) in [7, 11) is 0. The lowest BCUT2D eigenvalue weighted by molar-refractivity contribution is 0.391. The summed E-state index contributed by atoms with van der Waals surface area (Å²) in [4.78, 5) is 4.34. The summed E-state index contributed by atoms with van der Waals surface area (Å²) in [5.41, 5.74) is 2.56. The topological polar surface area (TPSA) is 69.6 Å². The molecular weight excluding hydrogens is 389 g/mol. The molecule has 0 spiro atoms. The zero-order valence-electron chi connectivity index (χ0n) is 14.1. The molecule has 0 aliphatic heterocycles. The van der Waals surface area contributed by atoms with Gasteiger partial charge >= 0.3 is 0 Å². The Bertz CT molecular complexity index is 1080. The van der Waals surface area contributed by atoms with Crippen molar-refractivity contribution in [1.29, 1.82) is 0 Å². The van der Waals surface area contributed by atoms with Crippen molar-refractivity contribution in [2.24, 2.45) is 0 Å². The molecule has 136 valence electrons. The summed E-state index contributed by atoms with van der Waals surface area (Å²) in [5.74, 6) is 0.966. The molecule has 27 heavy (non-hydrogen) atoms. The molecule has 0 fully saturated rings. The van der Waals surface area contributed by atoms with Crippen LogP contribution in [0.1, 0.15) is 11.5 Å². The maximum Gasteiger partial charge on any atom is 0.237 e. The standard InChI is InChI=1S/C18H13ClFN5OS/c1-11-2-7-14(8-15(11)19)25-10-21-23-18(25)27-9-16-22-17(24-26-16)12-3-5-13(20)6-4-12/h2-8,10H,9H2,1H3. The molecule has 2 heterocycles. The van der Waals surface area contributed by atoms with Gasteiger partial charge in [-0.2, -0.15) is 4.98 Å². The summed E-state index contributed by atoms with van der Waals surface area (Å²) < 4.78 is 20.1. The van der Waals surface area contributed by atoms with Gasteiger partial charge in [-0.1, -0.05) is 34.6 Å². The molecule has 0 atom stereocenters. The zero-order valence-corrected chi connectivity index (χ0v) is 15.7. The predicted octanol–water partition coefficient (Wildman–Crippen LogP) is 4.71. The van der Waals surface area contributed by atoms with Crippen LogP contribution in [0.5, 0.6) is 0 Å². The van der Waals surface area contributed by atoms with Gasteiger partial charge in [0.25, 0.3) is 0 Å². The first-order valence-electron chi connectivity index (χ1n) is 7.98. The average molecular weight is 402 g/mol. The molecule has 0 aliphatic rings. The summed E-state index contributed by atoms with van der Waals surface area (Å²) in [6.07, 6.45) is 1.63. The van der Waals surface area contributed by atoms with Gasteiger partial charge in [0.05, 0.1) is 11.4 Å². The number of aryl methyl sites for hydroxylation is 1. The molecule has 0 saturated heterocycles. The highest BCUT2D eigenvalue weighted by molar-refractivity contribution is 7.98. The third kappa shape index (κ3) is 3.86. The molecule has 6 nitrogen and oxygen atoms in total. The van der Waals surface area contributed by atoms with Crippen molar-refractivity contribution in [3.8, 4) is 17.1 Å². The molecular formula is C18H13ClFN5OS. The quantitative estimate of drug-likeness (QED) is 0.451. The minimum atomic E-state index is -0.312. The minimum Gasteiger partial charge on any atom is -0.338 e. The number of hydrogen-bond acceptors (Lipinski definition) is 6. The van der Waals surface area contributed by atoms with E-state index in [0.29, 0.717) is 33.2 Å². The van der Waals surface area contributed by atoms with E-state index in [0.717, 1.165) is 11.3 Å². The van der Waals surface area contributed by atoms with Crippen molar-refractivity contribution >= 4 is 23.4 Å². The van der Waals surface area contributed by atoms with Crippen LogP contribution >= 0.6 is 23.4 Å². The Balaban J connectivity index is 1.49. The van der Waals surface area contributed by atoms with Crippen LogP contribution < -0.4 is 0 Å². The number of aromatic nitrogens is 5. The molecule has 2 aromatic carbocycles. The van der Waals surface area contributed by atoms with Gasteiger partial charge < -0.3 is 4.52 Å². The van der Waals surface area contributed by atoms with E-state index in [1.54, 1.807) is 18.5 Å². The smallest absolute Gasteiger partial charge is 0.237 e. The van der Waals surface area contributed by atoms with E-state index >= 15 is 0 Å². The Kier molecular flexibility index (Phi) is 4.91. The normalized spacial score (nSPS) is 11.1. The molecule has 0 radical (unpaired) electrons. The lowest BCUT2D eigenvalue weighted by atomic mass is 10.2. The Morgan fingerprint density at radius 1 is 1.19 bits per heavy atom. The first kappa shape index (κ1) is 17.7. The number of nitrogens with zero attached hydrogens (tertiary/aromatic N) is 5. The van der Waals surface area contributed by atoms with Gasteiger partial charge in [-0.05, 0) is 48.9 Å². The van der Waals surface area contributed by atoms with Crippen molar-refractivity contribution in [2.75, 3.05) is 0 Å². The highest BCUT2D eigenvalue weighted by atomic mass is 35.5. The fraction of sp³-hybridized carbons (Fsp3) is 0.111. The molecule has 4 rings (SSSR count). The van der Waals surface area contributed by atoms with Crippen molar-refractivity contribution in [3.05, 3.63) is 71.1 Å². The van der Waals surface area contributed by atoms with Gasteiger partial charge in [-0.3, -0.25) is 4.57 Å². The molecule has 9 heteroatoms. The van der Waals surface area contributed by atoms with Crippen LogP contribution in [-0.2, 0) is 5.75 Å². The second-order valence-electron chi connectivity index (χ2n) is 5.72. The number of thioether (sulfide) groups is 1. The molecule has 4 aromatic rings. The maximum atomic E-state index is 13.0.